The standard InChI is InChI=1S/C12H21N6O10P3/c1-7-2-8(3-18-6-16-10-11(13)14-5-15-12(10)18)17-9(7)4-26-30(22,23)28-31(24,25)27-29(19,20)21/h5-9,17H,2-4H2,1H3,(H,22,23)(H,24,25)(H2,13,14,15)(H2,19,20,21)/t7?,8-,9-/m1/s1. The predicted molar refractivity (Wildman–Crippen MR) is 104 cm³/mol. The van der Waals surface area contributed by atoms with Gasteiger partial charge in [-0.1, -0.05) is 6.92 Å². The van der Waals surface area contributed by atoms with E-state index in [0.717, 1.165) is 0 Å². The monoisotopic (exact) mass is 502 g/mol. The van der Waals surface area contributed by atoms with Gasteiger partial charge in [0.2, 0.25) is 0 Å². The van der Waals surface area contributed by atoms with Crippen LogP contribution in [-0.2, 0) is 33.4 Å². The molecular formula is C12H21N6O10P3. The number of nitrogens with two attached hydrogens (primary N) is 1. The van der Waals surface area contributed by atoms with E-state index in [4.69, 9.17) is 20.0 Å². The molecule has 0 aromatic carbocycles. The van der Waals surface area contributed by atoms with E-state index in [9.17, 15) is 23.5 Å². The average molecular weight is 502 g/mol. The van der Waals surface area contributed by atoms with Gasteiger partial charge in [-0.15, -0.1) is 0 Å². The summed E-state index contributed by atoms with van der Waals surface area (Å²) in [6.45, 7) is 1.94. The Hall–Kier alpha value is -1.28. The molecule has 3 unspecified atom stereocenters. The average Bonchev–Trinajstić information content (AvgIpc) is 3.15. The fraction of sp³-hybridized carbons (Fsp3) is 0.583. The number of hydrogen-bond acceptors (Lipinski definition) is 11. The van der Waals surface area contributed by atoms with Gasteiger partial charge < -0.3 is 35.2 Å². The Kier molecular flexibility index (Phi) is 7.02. The summed E-state index contributed by atoms with van der Waals surface area (Å²) in [5, 5.41) is 3.21. The fourth-order valence-corrected chi connectivity index (χ4v) is 6.28. The third-order valence-corrected chi connectivity index (χ3v) is 8.28. The smallest absolute Gasteiger partial charge is 0.382 e. The number of anilines is 1. The summed E-state index contributed by atoms with van der Waals surface area (Å²) < 4.78 is 47.8. The molecule has 31 heavy (non-hydrogen) atoms. The zero-order chi connectivity index (χ0) is 23.0. The molecule has 3 heterocycles. The largest absolute Gasteiger partial charge is 0.490 e. The van der Waals surface area contributed by atoms with Crippen molar-refractivity contribution in [3.63, 3.8) is 0 Å². The van der Waals surface area contributed by atoms with Crippen LogP contribution in [0.5, 0.6) is 0 Å². The van der Waals surface area contributed by atoms with Crippen LogP contribution < -0.4 is 11.1 Å². The highest BCUT2D eigenvalue weighted by Gasteiger charge is 2.41. The highest BCUT2D eigenvalue weighted by molar-refractivity contribution is 7.66. The van der Waals surface area contributed by atoms with Crippen LogP contribution in [0.1, 0.15) is 13.3 Å². The first-order valence-electron chi connectivity index (χ1n) is 8.70. The SMILES string of the molecule is CC1C[C@H](Cn2cnc3c(N)ncnc32)N[C@@H]1COP(=O)(O)OP(=O)(O)OP(=O)(O)O. The third-order valence-electron chi connectivity index (χ3n) is 4.47. The third kappa shape index (κ3) is 6.60. The maximum Gasteiger partial charge on any atom is 0.490 e. The van der Waals surface area contributed by atoms with Crippen LogP contribution >= 0.6 is 23.5 Å². The van der Waals surface area contributed by atoms with Gasteiger partial charge in [0, 0.05) is 18.6 Å². The molecule has 16 nitrogen and oxygen atoms in total. The number of fused-ring (bicyclic) bond motifs is 1. The summed E-state index contributed by atoms with van der Waals surface area (Å²) in [6, 6.07) is -0.512. The van der Waals surface area contributed by atoms with Crippen molar-refractivity contribution in [3.8, 4) is 0 Å². The van der Waals surface area contributed by atoms with Crippen LogP contribution in [0.2, 0.25) is 0 Å². The van der Waals surface area contributed by atoms with E-state index in [0.29, 0.717) is 24.1 Å². The van der Waals surface area contributed by atoms with Crippen molar-refractivity contribution in [1.82, 2.24) is 24.8 Å². The number of rotatable bonds is 9. The van der Waals surface area contributed by atoms with Crippen molar-refractivity contribution < 1.29 is 46.4 Å². The maximum atomic E-state index is 11.9. The number of nitrogen functional groups attached to an aromatic ring is 1. The first-order chi connectivity index (χ1) is 14.2. The van der Waals surface area contributed by atoms with Crippen molar-refractivity contribution in [2.45, 2.75) is 32.0 Å². The topological polar surface area (TPSA) is 241 Å². The Labute approximate surface area is 175 Å². The van der Waals surface area contributed by atoms with Gasteiger partial charge in [-0.05, 0) is 12.3 Å². The molecular weight excluding hydrogens is 481 g/mol. The number of phosphoric ester groups is 1. The number of phosphoric acid groups is 3. The van der Waals surface area contributed by atoms with E-state index in [1.54, 1.807) is 10.9 Å². The molecule has 19 heteroatoms. The summed E-state index contributed by atoms with van der Waals surface area (Å²) >= 11 is 0. The lowest BCUT2D eigenvalue weighted by molar-refractivity contribution is 0.156. The van der Waals surface area contributed by atoms with Crippen LogP contribution in [0.15, 0.2) is 12.7 Å². The summed E-state index contributed by atoms with van der Waals surface area (Å²) in [6.07, 6.45) is 3.55. The molecule has 3 rings (SSSR count). The Morgan fingerprint density at radius 3 is 2.55 bits per heavy atom. The Bertz CT molecular complexity index is 1090. The van der Waals surface area contributed by atoms with E-state index in [1.807, 2.05) is 6.92 Å². The Morgan fingerprint density at radius 1 is 1.16 bits per heavy atom. The van der Waals surface area contributed by atoms with Gasteiger partial charge in [-0.2, -0.15) is 8.62 Å². The molecule has 0 saturated carbocycles. The molecule has 1 saturated heterocycles. The molecule has 1 aliphatic heterocycles. The lowest BCUT2D eigenvalue weighted by Gasteiger charge is -2.20. The second kappa shape index (κ2) is 8.93. The molecule has 5 atom stereocenters. The highest BCUT2D eigenvalue weighted by Crippen LogP contribution is 2.66. The summed E-state index contributed by atoms with van der Waals surface area (Å²) in [4.78, 5) is 48.1. The van der Waals surface area contributed by atoms with Gasteiger partial charge in [-0.3, -0.25) is 4.52 Å². The summed E-state index contributed by atoms with van der Waals surface area (Å²) in [5.74, 6) is 0.233. The van der Waals surface area contributed by atoms with E-state index in [2.05, 4.69) is 28.9 Å². The lowest BCUT2D eigenvalue weighted by Crippen LogP contribution is -2.36. The number of hydrogen-bond donors (Lipinski definition) is 6. The second-order valence-electron chi connectivity index (χ2n) is 6.90. The molecule has 0 amide bonds. The van der Waals surface area contributed by atoms with Gasteiger partial charge >= 0.3 is 23.5 Å². The molecule has 0 bridgehead atoms. The Balaban J connectivity index is 1.57. The molecule has 0 spiro atoms. The first-order valence-corrected chi connectivity index (χ1v) is 13.2. The fourth-order valence-electron chi connectivity index (χ4n) is 3.24. The van der Waals surface area contributed by atoms with Gasteiger partial charge in [0.15, 0.2) is 11.5 Å². The molecule has 0 radical (unpaired) electrons. The maximum absolute atomic E-state index is 11.9. The van der Waals surface area contributed by atoms with Crippen LogP contribution in [0.4, 0.5) is 5.82 Å². The minimum atomic E-state index is -5.54. The minimum absolute atomic E-state index is 0.0215. The normalized spacial score (nSPS) is 26.0. The zero-order valence-electron chi connectivity index (χ0n) is 16.0. The molecule has 1 fully saturated rings. The number of nitrogens with zero attached hydrogens (tertiary/aromatic N) is 4. The van der Waals surface area contributed by atoms with Crippen molar-refractivity contribution in [2.24, 2.45) is 5.92 Å². The highest BCUT2D eigenvalue weighted by atomic mass is 31.3. The number of nitrogens with one attached hydrogen (secondary N) is 1. The molecule has 2 aromatic rings. The number of imidazole rings is 1. The van der Waals surface area contributed by atoms with E-state index < -0.39 is 29.5 Å². The van der Waals surface area contributed by atoms with Crippen LogP contribution in [-0.4, -0.2) is 57.8 Å². The van der Waals surface area contributed by atoms with E-state index >= 15 is 0 Å². The van der Waals surface area contributed by atoms with Crippen molar-refractivity contribution in [1.29, 1.82) is 0 Å². The number of aromatic nitrogens is 4. The predicted octanol–water partition coefficient (Wildman–Crippen LogP) is 0.118. The van der Waals surface area contributed by atoms with Gasteiger partial charge in [-0.25, -0.2) is 28.6 Å². The van der Waals surface area contributed by atoms with Crippen molar-refractivity contribution in [3.05, 3.63) is 12.7 Å². The van der Waals surface area contributed by atoms with E-state index in [1.165, 1.54) is 6.33 Å². The lowest BCUT2D eigenvalue weighted by atomic mass is 10.0. The molecule has 7 N–H and O–H groups in total. The van der Waals surface area contributed by atoms with Crippen LogP contribution in [0, 0.1) is 5.92 Å². The minimum Gasteiger partial charge on any atom is -0.382 e. The summed E-state index contributed by atoms with van der Waals surface area (Å²) in [7, 11) is -16.1. The van der Waals surface area contributed by atoms with Gasteiger partial charge in [0.25, 0.3) is 0 Å². The van der Waals surface area contributed by atoms with Crippen LogP contribution in [0.3, 0.4) is 0 Å². The molecule has 2 aromatic heterocycles. The van der Waals surface area contributed by atoms with E-state index in [-0.39, 0.29) is 24.4 Å². The van der Waals surface area contributed by atoms with Gasteiger partial charge in [0.1, 0.15) is 11.8 Å². The van der Waals surface area contributed by atoms with Gasteiger partial charge in [0.05, 0.1) is 12.9 Å². The first kappa shape index (κ1) is 24.4. The summed E-state index contributed by atoms with van der Waals surface area (Å²) in [5.41, 5.74) is 6.79. The zero-order valence-corrected chi connectivity index (χ0v) is 18.6. The van der Waals surface area contributed by atoms with Crippen molar-refractivity contribution >= 4 is 40.4 Å². The second-order valence-corrected chi connectivity index (χ2v) is 11.3. The van der Waals surface area contributed by atoms with Crippen LogP contribution in [0.25, 0.3) is 11.2 Å². The Morgan fingerprint density at radius 2 is 1.87 bits per heavy atom. The molecule has 0 aliphatic carbocycles. The quantitative estimate of drug-likeness (QED) is 0.249. The van der Waals surface area contributed by atoms with Crippen molar-refractivity contribution in [2.75, 3.05) is 12.3 Å². The molecule has 174 valence electrons. The molecule has 1 aliphatic rings.